The highest BCUT2D eigenvalue weighted by Crippen LogP contribution is 2.36. The van der Waals surface area contributed by atoms with E-state index in [0.717, 1.165) is 34.5 Å². The molecule has 0 aromatic heterocycles. The van der Waals surface area contributed by atoms with Crippen LogP contribution < -0.4 is 9.47 Å². The quantitative estimate of drug-likeness (QED) is 0.798. The van der Waals surface area contributed by atoms with Gasteiger partial charge in [0.05, 0.1) is 0 Å². The van der Waals surface area contributed by atoms with Crippen LogP contribution in [-0.4, -0.2) is 13.1 Å². The van der Waals surface area contributed by atoms with Gasteiger partial charge in [-0.1, -0.05) is 24.3 Å². The molecule has 0 unspecified atom stereocenters. The molecule has 3 nitrogen and oxygen atoms in total. The van der Waals surface area contributed by atoms with Gasteiger partial charge < -0.3 is 14.3 Å². The molecule has 0 amide bonds. The van der Waals surface area contributed by atoms with Crippen molar-refractivity contribution in [2.75, 3.05) is 6.79 Å². The molecule has 0 atom stereocenters. The minimum Gasteiger partial charge on any atom is -0.457 e. The van der Waals surface area contributed by atoms with E-state index in [1.165, 1.54) is 0 Å². The Morgan fingerprint density at radius 3 is 2.50 bits per heavy atom. The highest BCUT2D eigenvalue weighted by Gasteiger charge is 2.19. The molecule has 1 aliphatic rings. The average molecular weight is 268 g/mol. The second kappa shape index (κ2) is 4.67. The number of carbonyl (C=O) groups is 1. The highest BCUT2D eigenvalue weighted by atomic mass is 16.7. The summed E-state index contributed by atoms with van der Waals surface area (Å²) in [6.45, 7) is 4.08. The van der Waals surface area contributed by atoms with Crippen LogP contribution in [0.4, 0.5) is 0 Å². The molecule has 0 aliphatic carbocycles. The summed E-state index contributed by atoms with van der Waals surface area (Å²) in [6, 6.07) is 13.8. The van der Waals surface area contributed by atoms with Gasteiger partial charge in [-0.15, -0.1) is 0 Å². The van der Waals surface area contributed by atoms with Gasteiger partial charge in [0.2, 0.25) is 6.79 Å². The Kier molecular flexibility index (Phi) is 2.97. The lowest BCUT2D eigenvalue weighted by Gasteiger charge is -2.20. The fraction of sp³-hybridized carbons (Fsp3) is 0.235. The van der Waals surface area contributed by atoms with E-state index in [4.69, 9.17) is 9.47 Å². The van der Waals surface area contributed by atoms with E-state index in [0.29, 0.717) is 0 Å². The van der Waals surface area contributed by atoms with Crippen LogP contribution in [0.3, 0.4) is 0 Å². The molecule has 0 spiro atoms. The lowest BCUT2D eigenvalue weighted by Crippen LogP contribution is -2.18. The van der Waals surface area contributed by atoms with Crippen LogP contribution in [0.2, 0.25) is 0 Å². The lowest BCUT2D eigenvalue weighted by atomic mass is 9.85. The SMILES string of the molecule is CC(C)(C=O)c1ccc(-c2ccc3cc2OCO3)cc1. The minimum atomic E-state index is -0.457. The third-order valence-electron chi connectivity index (χ3n) is 3.63. The second-order valence-corrected chi connectivity index (χ2v) is 5.48. The topological polar surface area (TPSA) is 35.5 Å². The molecule has 2 aromatic carbocycles. The van der Waals surface area contributed by atoms with Crippen LogP contribution in [0.25, 0.3) is 11.1 Å². The molecular weight excluding hydrogens is 252 g/mol. The summed E-state index contributed by atoms with van der Waals surface area (Å²) in [4.78, 5) is 11.1. The first-order valence-corrected chi connectivity index (χ1v) is 6.57. The maximum atomic E-state index is 11.1. The first kappa shape index (κ1) is 12.7. The molecule has 2 bridgehead atoms. The van der Waals surface area contributed by atoms with Gasteiger partial charge >= 0.3 is 0 Å². The van der Waals surface area contributed by atoms with Crippen LogP contribution in [0.15, 0.2) is 42.5 Å². The summed E-state index contributed by atoms with van der Waals surface area (Å²) in [5, 5.41) is 0. The zero-order valence-electron chi connectivity index (χ0n) is 11.6. The number of carbonyl (C=O) groups excluding carboxylic acids is 1. The predicted molar refractivity (Wildman–Crippen MR) is 77.1 cm³/mol. The van der Waals surface area contributed by atoms with Crippen LogP contribution in [0, 0.1) is 0 Å². The molecule has 20 heavy (non-hydrogen) atoms. The molecule has 102 valence electrons. The highest BCUT2D eigenvalue weighted by molar-refractivity contribution is 5.73. The average Bonchev–Trinajstić information content (AvgIpc) is 2.48. The van der Waals surface area contributed by atoms with E-state index >= 15 is 0 Å². The van der Waals surface area contributed by atoms with Crippen LogP contribution in [0.5, 0.6) is 11.5 Å². The van der Waals surface area contributed by atoms with Crippen molar-refractivity contribution < 1.29 is 14.3 Å². The van der Waals surface area contributed by atoms with E-state index in [2.05, 4.69) is 0 Å². The molecule has 2 aromatic rings. The normalized spacial score (nSPS) is 13.3. The molecule has 3 rings (SSSR count). The number of fused-ring (bicyclic) bond motifs is 2. The van der Waals surface area contributed by atoms with Crippen molar-refractivity contribution in [2.24, 2.45) is 0 Å². The summed E-state index contributed by atoms with van der Waals surface area (Å²) >= 11 is 0. The standard InChI is InChI=1S/C17H16O3/c1-17(2,10-18)13-5-3-12(4-6-13)15-8-7-14-9-16(15)20-11-19-14/h3-10H,11H2,1-2H3. The molecule has 0 saturated heterocycles. The van der Waals surface area contributed by atoms with Gasteiger partial charge in [-0.05, 0) is 37.1 Å². The van der Waals surface area contributed by atoms with Gasteiger partial charge in [-0.2, -0.15) is 0 Å². The lowest BCUT2D eigenvalue weighted by molar-refractivity contribution is -0.111. The molecule has 3 heteroatoms. The summed E-state index contributed by atoms with van der Waals surface area (Å²) in [5.41, 5.74) is 2.65. The third-order valence-corrected chi connectivity index (χ3v) is 3.63. The van der Waals surface area contributed by atoms with E-state index in [-0.39, 0.29) is 6.79 Å². The van der Waals surface area contributed by atoms with Crippen molar-refractivity contribution in [3.05, 3.63) is 48.0 Å². The zero-order valence-corrected chi connectivity index (χ0v) is 11.6. The minimum absolute atomic E-state index is 0.255. The van der Waals surface area contributed by atoms with Crippen molar-refractivity contribution in [1.82, 2.24) is 0 Å². The third kappa shape index (κ3) is 2.16. The fourth-order valence-corrected chi connectivity index (χ4v) is 2.26. The van der Waals surface area contributed by atoms with Gasteiger partial charge in [0.1, 0.15) is 17.8 Å². The first-order chi connectivity index (χ1) is 9.60. The largest absolute Gasteiger partial charge is 0.457 e. The number of hydrogen-bond donors (Lipinski definition) is 0. The number of hydrogen-bond acceptors (Lipinski definition) is 3. The van der Waals surface area contributed by atoms with E-state index < -0.39 is 5.41 Å². The van der Waals surface area contributed by atoms with Gasteiger partial charge in [0, 0.05) is 17.0 Å². The van der Waals surface area contributed by atoms with Crippen molar-refractivity contribution >= 4 is 6.29 Å². The summed E-state index contributed by atoms with van der Waals surface area (Å²) in [5.74, 6) is 1.66. The number of aldehydes is 1. The second-order valence-electron chi connectivity index (χ2n) is 5.48. The van der Waals surface area contributed by atoms with E-state index in [9.17, 15) is 4.79 Å². The fourth-order valence-electron chi connectivity index (χ4n) is 2.26. The van der Waals surface area contributed by atoms with Gasteiger partial charge in [0.15, 0.2) is 0 Å². The number of ether oxygens (including phenoxy) is 2. The monoisotopic (exact) mass is 268 g/mol. The number of rotatable bonds is 3. The molecule has 1 heterocycles. The Hall–Kier alpha value is -2.29. The Morgan fingerprint density at radius 1 is 1.05 bits per heavy atom. The molecule has 0 radical (unpaired) electrons. The molecule has 0 N–H and O–H groups in total. The van der Waals surface area contributed by atoms with Crippen LogP contribution >= 0.6 is 0 Å². The van der Waals surface area contributed by atoms with Gasteiger partial charge in [-0.25, -0.2) is 0 Å². The van der Waals surface area contributed by atoms with Crippen molar-refractivity contribution in [1.29, 1.82) is 0 Å². The molecular formula is C17H16O3. The van der Waals surface area contributed by atoms with E-state index in [1.54, 1.807) is 0 Å². The molecule has 1 aliphatic heterocycles. The zero-order chi connectivity index (χ0) is 14.2. The summed E-state index contributed by atoms with van der Waals surface area (Å²) in [6.07, 6.45) is 0.973. The number of benzene rings is 2. The van der Waals surface area contributed by atoms with Crippen molar-refractivity contribution in [3.8, 4) is 22.6 Å². The summed E-state index contributed by atoms with van der Waals surface area (Å²) in [7, 11) is 0. The van der Waals surface area contributed by atoms with Crippen LogP contribution in [-0.2, 0) is 10.2 Å². The van der Waals surface area contributed by atoms with E-state index in [1.807, 2.05) is 56.3 Å². The Labute approximate surface area is 118 Å². The first-order valence-electron chi connectivity index (χ1n) is 6.57. The Morgan fingerprint density at radius 2 is 1.80 bits per heavy atom. The maximum Gasteiger partial charge on any atom is 0.230 e. The Balaban J connectivity index is 1.98. The predicted octanol–water partition coefficient (Wildman–Crippen LogP) is 3.56. The summed E-state index contributed by atoms with van der Waals surface area (Å²) < 4.78 is 10.8. The Bertz CT molecular complexity index is 642. The van der Waals surface area contributed by atoms with Crippen molar-refractivity contribution in [2.45, 2.75) is 19.3 Å². The smallest absolute Gasteiger partial charge is 0.230 e. The van der Waals surface area contributed by atoms with Gasteiger partial charge in [-0.3, -0.25) is 0 Å². The van der Waals surface area contributed by atoms with Crippen molar-refractivity contribution in [3.63, 3.8) is 0 Å². The molecule has 0 saturated carbocycles. The maximum absolute atomic E-state index is 11.1. The van der Waals surface area contributed by atoms with Crippen LogP contribution in [0.1, 0.15) is 19.4 Å². The van der Waals surface area contributed by atoms with Gasteiger partial charge in [0.25, 0.3) is 0 Å². The molecule has 0 fully saturated rings.